The average molecular weight is 266 g/mol. The molecule has 0 aliphatic heterocycles. The third-order valence-corrected chi connectivity index (χ3v) is 4.83. The van der Waals surface area contributed by atoms with E-state index in [1.165, 1.54) is 19.3 Å². The molecule has 0 saturated heterocycles. The highest BCUT2D eigenvalue weighted by Gasteiger charge is 2.35. The molecular formula is C12H18N4OS. The zero-order chi connectivity index (χ0) is 13.0. The van der Waals surface area contributed by atoms with Crippen molar-refractivity contribution >= 4 is 23.5 Å². The number of anilines is 1. The Kier molecular flexibility index (Phi) is 4.06. The number of thioether (sulfide) groups is 1. The molecule has 1 aromatic heterocycles. The number of carbonyl (C=O) groups is 1. The molecule has 2 rings (SSSR count). The molecule has 0 radical (unpaired) electrons. The zero-order valence-corrected chi connectivity index (χ0v) is 11.5. The summed E-state index contributed by atoms with van der Waals surface area (Å²) in [5.74, 6) is 0.511. The minimum absolute atomic E-state index is 0.214. The number of hydrogen-bond donors (Lipinski definition) is 2. The highest BCUT2D eigenvalue weighted by atomic mass is 32.2. The Balaban J connectivity index is 1.92. The van der Waals surface area contributed by atoms with Crippen molar-refractivity contribution in [1.82, 2.24) is 15.5 Å². The van der Waals surface area contributed by atoms with Crippen LogP contribution in [0.15, 0.2) is 12.1 Å². The molecule has 0 aromatic carbocycles. The molecule has 1 heterocycles. The second-order valence-electron chi connectivity index (χ2n) is 4.48. The van der Waals surface area contributed by atoms with Crippen molar-refractivity contribution in [2.75, 3.05) is 25.2 Å². The summed E-state index contributed by atoms with van der Waals surface area (Å²) >= 11 is 1.92. The second-order valence-corrected chi connectivity index (χ2v) is 5.75. The van der Waals surface area contributed by atoms with E-state index in [-0.39, 0.29) is 5.91 Å². The Hall–Kier alpha value is -1.30. The molecule has 1 fully saturated rings. The van der Waals surface area contributed by atoms with Gasteiger partial charge in [0.15, 0.2) is 5.69 Å². The number of nitrogens with zero attached hydrogens (tertiary/aromatic N) is 2. The van der Waals surface area contributed by atoms with E-state index in [0.29, 0.717) is 10.4 Å². The molecule has 6 heteroatoms. The quantitative estimate of drug-likeness (QED) is 0.846. The van der Waals surface area contributed by atoms with Crippen LogP contribution in [-0.4, -0.2) is 40.7 Å². The lowest BCUT2D eigenvalue weighted by atomic mass is 9.84. The first-order valence-corrected chi connectivity index (χ1v) is 7.26. The van der Waals surface area contributed by atoms with Gasteiger partial charge in [0.25, 0.3) is 5.91 Å². The van der Waals surface area contributed by atoms with Crippen molar-refractivity contribution in [1.29, 1.82) is 0 Å². The summed E-state index contributed by atoms with van der Waals surface area (Å²) < 4.78 is 0.362. The van der Waals surface area contributed by atoms with Gasteiger partial charge in [0, 0.05) is 18.3 Å². The number of carbonyl (C=O) groups excluding carboxylic acids is 1. The third-order valence-electron chi connectivity index (χ3n) is 3.41. The van der Waals surface area contributed by atoms with Crippen molar-refractivity contribution in [2.45, 2.75) is 24.0 Å². The summed E-state index contributed by atoms with van der Waals surface area (Å²) in [7, 11) is 1.58. The van der Waals surface area contributed by atoms with E-state index in [2.05, 4.69) is 27.1 Å². The predicted molar refractivity (Wildman–Crippen MR) is 74.0 cm³/mol. The van der Waals surface area contributed by atoms with Crippen LogP contribution >= 0.6 is 11.8 Å². The molecule has 1 amide bonds. The fraction of sp³-hybridized carbons (Fsp3) is 0.583. The van der Waals surface area contributed by atoms with Crippen LogP contribution in [0.3, 0.4) is 0 Å². The van der Waals surface area contributed by atoms with Gasteiger partial charge in [-0.2, -0.15) is 11.8 Å². The Morgan fingerprint density at radius 1 is 1.44 bits per heavy atom. The van der Waals surface area contributed by atoms with Gasteiger partial charge in [-0.05, 0) is 31.2 Å². The molecule has 98 valence electrons. The van der Waals surface area contributed by atoms with E-state index in [1.807, 2.05) is 11.8 Å². The van der Waals surface area contributed by atoms with Gasteiger partial charge < -0.3 is 10.6 Å². The second kappa shape index (κ2) is 5.56. The molecule has 1 aliphatic carbocycles. The van der Waals surface area contributed by atoms with Gasteiger partial charge in [0.05, 0.1) is 0 Å². The van der Waals surface area contributed by atoms with Crippen molar-refractivity contribution in [3.63, 3.8) is 0 Å². The fourth-order valence-corrected chi connectivity index (χ4v) is 2.86. The molecular weight excluding hydrogens is 248 g/mol. The standard InChI is InChI=1S/C12H18N4OS/c1-13-11(17)9-4-5-10(16-15-9)14-8-12(18-2)6-3-7-12/h4-5H,3,6-8H2,1-2H3,(H,13,17)(H,14,16). The maximum absolute atomic E-state index is 11.3. The monoisotopic (exact) mass is 266 g/mol. The predicted octanol–water partition coefficient (Wildman–Crippen LogP) is 1.53. The van der Waals surface area contributed by atoms with Crippen molar-refractivity contribution in [2.24, 2.45) is 0 Å². The van der Waals surface area contributed by atoms with Gasteiger partial charge in [-0.3, -0.25) is 4.79 Å². The van der Waals surface area contributed by atoms with Gasteiger partial charge in [-0.1, -0.05) is 6.42 Å². The van der Waals surface area contributed by atoms with E-state index in [4.69, 9.17) is 0 Å². The molecule has 1 saturated carbocycles. The highest BCUT2D eigenvalue weighted by Crippen LogP contribution is 2.42. The van der Waals surface area contributed by atoms with Crippen LogP contribution in [0.5, 0.6) is 0 Å². The topological polar surface area (TPSA) is 66.9 Å². The first-order valence-electron chi connectivity index (χ1n) is 6.04. The summed E-state index contributed by atoms with van der Waals surface area (Å²) in [4.78, 5) is 11.3. The maximum atomic E-state index is 11.3. The molecule has 0 bridgehead atoms. The first-order chi connectivity index (χ1) is 8.69. The first kappa shape index (κ1) is 13.1. The normalized spacial score (nSPS) is 16.8. The maximum Gasteiger partial charge on any atom is 0.271 e. The van der Waals surface area contributed by atoms with Crippen LogP contribution in [-0.2, 0) is 0 Å². The van der Waals surface area contributed by atoms with E-state index in [1.54, 1.807) is 19.2 Å². The summed E-state index contributed by atoms with van der Waals surface area (Å²) in [6, 6.07) is 3.48. The molecule has 0 unspecified atom stereocenters. The molecule has 5 nitrogen and oxygen atoms in total. The van der Waals surface area contributed by atoms with Gasteiger partial charge in [0.2, 0.25) is 0 Å². The SMILES string of the molecule is CNC(=O)c1ccc(NCC2(SC)CCC2)nn1. The number of amides is 1. The molecule has 0 atom stereocenters. The Labute approximate surface area is 111 Å². The van der Waals surface area contributed by atoms with Crippen LogP contribution in [0.4, 0.5) is 5.82 Å². The number of aromatic nitrogens is 2. The molecule has 18 heavy (non-hydrogen) atoms. The smallest absolute Gasteiger partial charge is 0.271 e. The summed E-state index contributed by atoms with van der Waals surface area (Å²) in [6.45, 7) is 0.905. The van der Waals surface area contributed by atoms with E-state index < -0.39 is 0 Å². The Morgan fingerprint density at radius 3 is 2.67 bits per heavy atom. The van der Waals surface area contributed by atoms with E-state index in [9.17, 15) is 4.79 Å². The van der Waals surface area contributed by atoms with Crippen LogP contribution in [0.25, 0.3) is 0 Å². The van der Waals surface area contributed by atoms with E-state index >= 15 is 0 Å². The van der Waals surface area contributed by atoms with Gasteiger partial charge in [-0.15, -0.1) is 10.2 Å². The van der Waals surface area contributed by atoms with Crippen LogP contribution in [0, 0.1) is 0 Å². The minimum Gasteiger partial charge on any atom is -0.367 e. The lowest BCUT2D eigenvalue weighted by molar-refractivity contribution is 0.0957. The number of nitrogens with one attached hydrogen (secondary N) is 2. The average Bonchev–Trinajstić information content (AvgIpc) is 2.38. The van der Waals surface area contributed by atoms with Crippen molar-refractivity contribution in [3.8, 4) is 0 Å². The van der Waals surface area contributed by atoms with Crippen LogP contribution in [0.2, 0.25) is 0 Å². The third kappa shape index (κ3) is 2.75. The molecule has 1 aromatic rings. The van der Waals surface area contributed by atoms with Crippen LogP contribution in [0.1, 0.15) is 29.8 Å². The van der Waals surface area contributed by atoms with Crippen molar-refractivity contribution < 1.29 is 4.79 Å². The lowest BCUT2D eigenvalue weighted by Crippen LogP contribution is -2.40. The van der Waals surface area contributed by atoms with Gasteiger partial charge >= 0.3 is 0 Å². The largest absolute Gasteiger partial charge is 0.367 e. The summed E-state index contributed by atoms with van der Waals surface area (Å²) in [5, 5.41) is 13.7. The molecule has 0 spiro atoms. The van der Waals surface area contributed by atoms with Gasteiger partial charge in [0.1, 0.15) is 5.82 Å². The Morgan fingerprint density at radius 2 is 2.22 bits per heavy atom. The molecule has 2 N–H and O–H groups in total. The van der Waals surface area contributed by atoms with Crippen LogP contribution < -0.4 is 10.6 Å². The minimum atomic E-state index is -0.214. The molecule has 1 aliphatic rings. The zero-order valence-electron chi connectivity index (χ0n) is 10.7. The highest BCUT2D eigenvalue weighted by molar-refractivity contribution is 8.00. The Bertz CT molecular complexity index is 411. The van der Waals surface area contributed by atoms with Gasteiger partial charge in [-0.25, -0.2) is 0 Å². The van der Waals surface area contributed by atoms with E-state index in [0.717, 1.165) is 12.4 Å². The van der Waals surface area contributed by atoms with Crippen molar-refractivity contribution in [3.05, 3.63) is 17.8 Å². The summed E-state index contributed by atoms with van der Waals surface area (Å²) in [5.41, 5.74) is 0.339. The number of rotatable bonds is 5. The fourth-order valence-electron chi connectivity index (χ4n) is 1.95. The number of hydrogen-bond acceptors (Lipinski definition) is 5. The summed E-state index contributed by atoms with van der Waals surface area (Å²) in [6.07, 6.45) is 5.97. The lowest BCUT2D eigenvalue weighted by Gasteiger charge is -2.40.